The van der Waals surface area contributed by atoms with Gasteiger partial charge in [-0.3, -0.25) is 10.1 Å². The number of rotatable bonds is 3. The van der Waals surface area contributed by atoms with Crippen LogP contribution >= 0.6 is 0 Å². The van der Waals surface area contributed by atoms with Gasteiger partial charge in [-0.2, -0.15) is 13.2 Å². The molecule has 7 heteroatoms. The van der Waals surface area contributed by atoms with E-state index in [1.165, 1.54) is 18.2 Å². The molecule has 0 spiro atoms. The average Bonchev–Trinajstić information content (AvgIpc) is 2.63. The smallest absolute Gasteiger partial charge is 0.312 e. The minimum absolute atomic E-state index is 0.296. The van der Waals surface area contributed by atoms with Gasteiger partial charge in [-0.05, 0) is 31.0 Å². The third-order valence-electron chi connectivity index (χ3n) is 3.72. The SMILES string of the molecule is CCC1(C)NC(c2cccc(F)c2)N(CC(F)(F)F)C1=O. The van der Waals surface area contributed by atoms with Crippen LogP contribution in [0.2, 0.25) is 0 Å². The fraction of sp³-hybridized carbons (Fsp3) is 0.500. The third kappa shape index (κ3) is 3.18. The molecule has 0 aliphatic carbocycles. The van der Waals surface area contributed by atoms with Crippen molar-refractivity contribution < 1.29 is 22.4 Å². The number of alkyl halides is 3. The van der Waals surface area contributed by atoms with Crippen molar-refractivity contribution in [2.24, 2.45) is 0 Å². The summed E-state index contributed by atoms with van der Waals surface area (Å²) in [5.74, 6) is -1.18. The van der Waals surface area contributed by atoms with Gasteiger partial charge in [0, 0.05) is 0 Å². The number of amides is 1. The molecule has 0 saturated carbocycles. The van der Waals surface area contributed by atoms with Gasteiger partial charge in [-0.25, -0.2) is 4.39 Å². The third-order valence-corrected chi connectivity index (χ3v) is 3.72. The Balaban J connectivity index is 2.39. The van der Waals surface area contributed by atoms with Gasteiger partial charge in [0.1, 0.15) is 18.5 Å². The van der Waals surface area contributed by atoms with Crippen molar-refractivity contribution in [1.82, 2.24) is 10.2 Å². The zero-order chi connectivity index (χ0) is 15.8. The van der Waals surface area contributed by atoms with E-state index in [9.17, 15) is 22.4 Å². The number of nitrogens with one attached hydrogen (secondary N) is 1. The van der Waals surface area contributed by atoms with Crippen molar-refractivity contribution in [2.75, 3.05) is 6.54 Å². The molecule has 1 fully saturated rings. The summed E-state index contributed by atoms with van der Waals surface area (Å²) < 4.78 is 51.4. The van der Waals surface area contributed by atoms with Crippen molar-refractivity contribution >= 4 is 5.91 Å². The lowest BCUT2D eigenvalue weighted by Crippen LogP contribution is -2.44. The number of hydrogen-bond acceptors (Lipinski definition) is 2. The van der Waals surface area contributed by atoms with E-state index in [1.54, 1.807) is 13.8 Å². The highest BCUT2D eigenvalue weighted by molar-refractivity contribution is 5.88. The number of benzene rings is 1. The predicted octanol–water partition coefficient (Wildman–Crippen LogP) is 2.99. The van der Waals surface area contributed by atoms with Gasteiger partial charge < -0.3 is 4.90 Å². The van der Waals surface area contributed by atoms with Crippen LogP contribution in [-0.2, 0) is 4.79 Å². The maximum Gasteiger partial charge on any atom is 0.406 e. The van der Waals surface area contributed by atoms with E-state index >= 15 is 0 Å². The second-order valence-corrected chi connectivity index (χ2v) is 5.34. The topological polar surface area (TPSA) is 32.3 Å². The first-order chi connectivity index (χ1) is 9.66. The molecular formula is C14H16F4N2O. The van der Waals surface area contributed by atoms with Crippen LogP contribution < -0.4 is 5.32 Å². The molecule has 2 atom stereocenters. The molecule has 1 amide bonds. The van der Waals surface area contributed by atoms with Crippen LogP contribution in [0, 0.1) is 5.82 Å². The predicted molar refractivity (Wildman–Crippen MR) is 68.7 cm³/mol. The van der Waals surface area contributed by atoms with Crippen molar-refractivity contribution in [3.05, 3.63) is 35.6 Å². The van der Waals surface area contributed by atoms with E-state index in [1.807, 2.05) is 0 Å². The molecule has 3 nitrogen and oxygen atoms in total. The van der Waals surface area contributed by atoms with Crippen LogP contribution in [-0.4, -0.2) is 29.1 Å². The first-order valence-corrected chi connectivity index (χ1v) is 6.57. The highest BCUT2D eigenvalue weighted by Crippen LogP contribution is 2.35. The van der Waals surface area contributed by atoms with Gasteiger partial charge in [0.05, 0.1) is 5.54 Å². The number of carbonyl (C=O) groups excluding carboxylic acids is 1. The van der Waals surface area contributed by atoms with E-state index in [0.29, 0.717) is 12.0 Å². The molecule has 1 N–H and O–H groups in total. The number of nitrogens with zero attached hydrogens (tertiary/aromatic N) is 1. The summed E-state index contributed by atoms with van der Waals surface area (Å²) in [7, 11) is 0. The summed E-state index contributed by atoms with van der Waals surface area (Å²) >= 11 is 0. The normalized spacial score (nSPS) is 26.5. The van der Waals surface area contributed by atoms with Crippen molar-refractivity contribution in [2.45, 2.75) is 38.1 Å². The van der Waals surface area contributed by atoms with Crippen LogP contribution in [0.3, 0.4) is 0 Å². The molecule has 0 aromatic heterocycles. The quantitative estimate of drug-likeness (QED) is 0.871. The van der Waals surface area contributed by atoms with E-state index < -0.39 is 36.2 Å². The average molecular weight is 304 g/mol. The van der Waals surface area contributed by atoms with E-state index in [2.05, 4.69) is 5.32 Å². The van der Waals surface area contributed by atoms with Crippen LogP contribution in [0.5, 0.6) is 0 Å². The molecule has 1 aliphatic heterocycles. The molecule has 0 bridgehead atoms. The Morgan fingerprint density at radius 3 is 2.57 bits per heavy atom. The summed E-state index contributed by atoms with van der Waals surface area (Å²) in [5, 5.41) is 2.89. The summed E-state index contributed by atoms with van der Waals surface area (Å²) in [6, 6.07) is 5.24. The fourth-order valence-corrected chi connectivity index (χ4v) is 2.43. The highest BCUT2D eigenvalue weighted by atomic mass is 19.4. The Labute approximate surface area is 119 Å². The monoisotopic (exact) mass is 304 g/mol. The van der Waals surface area contributed by atoms with Gasteiger partial charge in [0.25, 0.3) is 0 Å². The minimum Gasteiger partial charge on any atom is -0.312 e. The molecule has 1 heterocycles. The molecule has 2 unspecified atom stereocenters. The largest absolute Gasteiger partial charge is 0.406 e. The number of halogens is 4. The lowest BCUT2D eigenvalue weighted by Gasteiger charge is -2.25. The van der Waals surface area contributed by atoms with Crippen LogP contribution in [0.25, 0.3) is 0 Å². The molecule has 2 rings (SSSR count). The zero-order valence-electron chi connectivity index (χ0n) is 11.7. The van der Waals surface area contributed by atoms with Gasteiger partial charge in [-0.15, -0.1) is 0 Å². The van der Waals surface area contributed by atoms with Gasteiger partial charge in [0.15, 0.2) is 0 Å². The van der Waals surface area contributed by atoms with Crippen molar-refractivity contribution in [3.8, 4) is 0 Å². The molecule has 1 aromatic carbocycles. The van der Waals surface area contributed by atoms with E-state index in [-0.39, 0.29) is 0 Å². The molecule has 1 saturated heterocycles. The van der Waals surface area contributed by atoms with Gasteiger partial charge in [-0.1, -0.05) is 19.1 Å². The zero-order valence-corrected chi connectivity index (χ0v) is 11.7. The standard InChI is InChI=1S/C14H16F4N2O/c1-3-13(2)12(21)20(8-14(16,17)18)11(19-13)9-5-4-6-10(15)7-9/h4-7,11,19H,3,8H2,1-2H3. The summed E-state index contributed by atoms with van der Waals surface area (Å²) in [4.78, 5) is 13.0. The fourth-order valence-electron chi connectivity index (χ4n) is 2.43. The van der Waals surface area contributed by atoms with Crippen LogP contribution in [0.4, 0.5) is 17.6 Å². The summed E-state index contributed by atoms with van der Waals surface area (Å²) in [5.41, 5.74) is -0.785. The second-order valence-electron chi connectivity index (χ2n) is 5.34. The number of carbonyl (C=O) groups is 1. The maximum absolute atomic E-state index is 13.3. The van der Waals surface area contributed by atoms with E-state index in [4.69, 9.17) is 0 Å². The molecule has 116 valence electrons. The highest BCUT2D eigenvalue weighted by Gasteiger charge is 2.50. The lowest BCUT2D eigenvalue weighted by atomic mass is 9.99. The Bertz CT molecular complexity index is 546. The molecule has 0 radical (unpaired) electrons. The molecule has 1 aliphatic rings. The first-order valence-electron chi connectivity index (χ1n) is 6.57. The van der Waals surface area contributed by atoms with Crippen LogP contribution in [0.15, 0.2) is 24.3 Å². The Morgan fingerprint density at radius 2 is 2.05 bits per heavy atom. The van der Waals surface area contributed by atoms with Gasteiger partial charge in [0.2, 0.25) is 5.91 Å². The Hall–Kier alpha value is -1.63. The second kappa shape index (κ2) is 5.29. The minimum atomic E-state index is -4.51. The molecular weight excluding hydrogens is 288 g/mol. The Kier molecular flexibility index (Phi) is 3.97. The van der Waals surface area contributed by atoms with Crippen LogP contribution in [0.1, 0.15) is 32.0 Å². The lowest BCUT2D eigenvalue weighted by molar-refractivity contribution is -0.162. The summed E-state index contributed by atoms with van der Waals surface area (Å²) in [6.45, 7) is 1.90. The van der Waals surface area contributed by atoms with Gasteiger partial charge >= 0.3 is 6.18 Å². The maximum atomic E-state index is 13.3. The first kappa shape index (κ1) is 15.8. The van der Waals surface area contributed by atoms with E-state index in [0.717, 1.165) is 11.0 Å². The number of hydrogen-bond donors (Lipinski definition) is 1. The van der Waals surface area contributed by atoms with Crippen molar-refractivity contribution in [1.29, 1.82) is 0 Å². The Morgan fingerprint density at radius 1 is 1.38 bits per heavy atom. The summed E-state index contributed by atoms with van der Waals surface area (Å²) in [6.07, 6.45) is -5.16. The molecule has 1 aromatic rings. The molecule has 21 heavy (non-hydrogen) atoms. The van der Waals surface area contributed by atoms with Crippen molar-refractivity contribution in [3.63, 3.8) is 0 Å².